The fourth-order valence-electron chi connectivity index (χ4n) is 1.90. The molecule has 1 aliphatic rings. The highest BCUT2D eigenvalue weighted by Crippen LogP contribution is 2.21. The molecule has 0 aliphatic carbocycles. The summed E-state index contributed by atoms with van der Waals surface area (Å²) in [5.41, 5.74) is 0. The summed E-state index contributed by atoms with van der Waals surface area (Å²) in [6.07, 6.45) is 4.30. The molecule has 13 heavy (non-hydrogen) atoms. The summed E-state index contributed by atoms with van der Waals surface area (Å²) in [4.78, 5) is 0. The van der Waals surface area contributed by atoms with Crippen LogP contribution in [0, 0.1) is 5.92 Å². The SMILES string of the molecule is CCCC1CCCN(S(N)(=O)=O)C1. The molecule has 0 saturated carbocycles. The topological polar surface area (TPSA) is 63.4 Å². The summed E-state index contributed by atoms with van der Waals surface area (Å²) in [6, 6.07) is 0. The van der Waals surface area contributed by atoms with Crippen molar-refractivity contribution < 1.29 is 8.42 Å². The number of hydrogen-bond acceptors (Lipinski definition) is 2. The monoisotopic (exact) mass is 206 g/mol. The van der Waals surface area contributed by atoms with E-state index in [0.29, 0.717) is 19.0 Å². The van der Waals surface area contributed by atoms with Crippen molar-refractivity contribution in [1.29, 1.82) is 0 Å². The van der Waals surface area contributed by atoms with Crippen LogP contribution in [0.5, 0.6) is 0 Å². The number of hydrogen-bond donors (Lipinski definition) is 1. The van der Waals surface area contributed by atoms with Gasteiger partial charge in [-0.05, 0) is 25.2 Å². The normalized spacial score (nSPS) is 26.2. The molecule has 0 aromatic rings. The van der Waals surface area contributed by atoms with E-state index in [4.69, 9.17) is 5.14 Å². The molecule has 0 bridgehead atoms. The number of nitrogens with two attached hydrogens (primary N) is 1. The average Bonchev–Trinajstić information content (AvgIpc) is 2.04. The summed E-state index contributed by atoms with van der Waals surface area (Å²) in [5.74, 6) is 0.511. The second-order valence-electron chi connectivity index (χ2n) is 3.70. The second-order valence-corrected chi connectivity index (χ2v) is 5.25. The van der Waals surface area contributed by atoms with E-state index in [1.165, 1.54) is 4.31 Å². The zero-order valence-electron chi connectivity index (χ0n) is 8.07. The maximum Gasteiger partial charge on any atom is 0.276 e. The molecule has 1 aliphatic heterocycles. The lowest BCUT2D eigenvalue weighted by molar-refractivity contribution is 0.255. The van der Waals surface area contributed by atoms with E-state index in [1.54, 1.807) is 0 Å². The molecule has 0 spiro atoms. The van der Waals surface area contributed by atoms with Crippen LogP contribution in [-0.4, -0.2) is 25.8 Å². The lowest BCUT2D eigenvalue weighted by Crippen LogP contribution is -2.43. The van der Waals surface area contributed by atoms with Gasteiger partial charge in [-0.25, -0.2) is 5.14 Å². The average molecular weight is 206 g/mol. The highest BCUT2D eigenvalue weighted by atomic mass is 32.2. The zero-order chi connectivity index (χ0) is 9.90. The number of nitrogens with zero attached hydrogens (tertiary/aromatic N) is 1. The van der Waals surface area contributed by atoms with E-state index in [0.717, 1.165) is 25.7 Å². The number of piperidine rings is 1. The molecular weight excluding hydrogens is 188 g/mol. The van der Waals surface area contributed by atoms with Crippen LogP contribution in [-0.2, 0) is 10.2 Å². The van der Waals surface area contributed by atoms with E-state index in [-0.39, 0.29) is 0 Å². The molecule has 5 heteroatoms. The third-order valence-electron chi connectivity index (χ3n) is 2.54. The molecule has 0 aromatic heterocycles. The van der Waals surface area contributed by atoms with Crippen molar-refractivity contribution in [2.45, 2.75) is 32.6 Å². The Labute approximate surface area is 80.3 Å². The van der Waals surface area contributed by atoms with Crippen molar-refractivity contribution in [3.8, 4) is 0 Å². The fourth-order valence-corrected chi connectivity index (χ4v) is 2.70. The van der Waals surface area contributed by atoms with Crippen molar-refractivity contribution in [2.24, 2.45) is 11.1 Å². The van der Waals surface area contributed by atoms with E-state index in [2.05, 4.69) is 6.92 Å². The molecule has 1 atom stereocenters. The minimum atomic E-state index is -3.44. The fraction of sp³-hybridized carbons (Fsp3) is 1.00. The Balaban J connectivity index is 2.52. The molecule has 2 N–H and O–H groups in total. The third kappa shape index (κ3) is 3.25. The van der Waals surface area contributed by atoms with Gasteiger partial charge in [-0.3, -0.25) is 0 Å². The van der Waals surface area contributed by atoms with Gasteiger partial charge in [0.1, 0.15) is 0 Å². The van der Waals surface area contributed by atoms with Crippen LogP contribution < -0.4 is 5.14 Å². The molecule has 1 unspecified atom stereocenters. The van der Waals surface area contributed by atoms with Crippen LogP contribution in [0.25, 0.3) is 0 Å². The summed E-state index contributed by atoms with van der Waals surface area (Å²) >= 11 is 0. The van der Waals surface area contributed by atoms with Gasteiger partial charge in [-0.2, -0.15) is 12.7 Å². The Morgan fingerprint density at radius 2 is 2.23 bits per heavy atom. The molecule has 1 heterocycles. The standard InChI is InChI=1S/C8H18N2O2S/c1-2-4-8-5-3-6-10(7-8)13(9,11)12/h8H,2-7H2,1H3,(H2,9,11,12). The first-order chi connectivity index (χ1) is 6.04. The smallest absolute Gasteiger partial charge is 0.216 e. The van der Waals surface area contributed by atoms with Crippen LogP contribution in [0.3, 0.4) is 0 Å². The highest BCUT2D eigenvalue weighted by molar-refractivity contribution is 7.86. The van der Waals surface area contributed by atoms with Gasteiger partial charge in [0.05, 0.1) is 0 Å². The first-order valence-electron chi connectivity index (χ1n) is 4.82. The maximum atomic E-state index is 11.0. The van der Waals surface area contributed by atoms with E-state index in [9.17, 15) is 8.42 Å². The minimum absolute atomic E-state index is 0.511. The van der Waals surface area contributed by atoms with Gasteiger partial charge in [0.15, 0.2) is 0 Å². The van der Waals surface area contributed by atoms with Gasteiger partial charge in [-0.1, -0.05) is 13.3 Å². The molecule has 1 fully saturated rings. The van der Waals surface area contributed by atoms with Gasteiger partial charge in [0.2, 0.25) is 0 Å². The van der Waals surface area contributed by atoms with Crippen LogP contribution in [0.15, 0.2) is 0 Å². The van der Waals surface area contributed by atoms with Crippen LogP contribution in [0.2, 0.25) is 0 Å². The van der Waals surface area contributed by atoms with Gasteiger partial charge >= 0.3 is 0 Å². The van der Waals surface area contributed by atoms with E-state index in [1.807, 2.05) is 0 Å². The molecule has 1 rings (SSSR count). The molecule has 4 nitrogen and oxygen atoms in total. The lowest BCUT2D eigenvalue weighted by Gasteiger charge is -2.30. The Hall–Kier alpha value is -0.130. The molecule has 0 radical (unpaired) electrons. The van der Waals surface area contributed by atoms with E-state index < -0.39 is 10.2 Å². The van der Waals surface area contributed by atoms with Crippen molar-refractivity contribution in [3.63, 3.8) is 0 Å². The lowest BCUT2D eigenvalue weighted by atomic mass is 9.95. The summed E-state index contributed by atoms with van der Waals surface area (Å²) < 4.78 is 23.5. The Bertz CT molecular complexity index is 249. The van der Waals surface area contributed by atoms with Crippen molar-refractivity contribution in [2.75, 3.05) is 13.1 Å². The van der Waals surface area contributed by atoms with E-state index >= 15 is 0 Å². The predicted molar refractivity (Wildman–Crippen MR) is 52.3 cm³/mol. The molecular formula is C8H18N2O2S. The quantitative estimate of drug-likeness (QED) is 0.739. The molecule has 0 amide bonds. The second kappa shape index (κ2) is 4.39. The highest BCUT2D eigenvalue weighted by Gasteiger charge is 2.25. The van der Waals surface area contributed by atoms with Gasteiger partial charge in [0, 0.05) is 13.1 Å². The largest absolute Gasteiger partial charge is 0.276 e. The third-order valence-corrected chi connectivity index (χ3v) is 3.59. The van der Waals surface area contributed by atoms with Gasteiger partial charge < -0.3 is 0 Å². The summed E-state index contributed by atoms with van der Waals surface area (Å²) in [7, 11) is -3.44. The first-order valence-corrected chi connectivity index (χ1v) is 6.32. The molecule has 0 aromatic carbocycles. The van der Waals surface area contributed by atoms with Crippen LogP contribution >= 0.6 is 0 Å². The number of rotatable bonds is 3. The first kappa shape index (κ1) is 10.9. The Morgan fingerprint density at radius 1 is 1.54 bits per heavy atom. The zero-order valence-corrected chi connectivity index (χ0v) is 8.89. The van der Waals surface area contributed by atoms with Crippen molar-refractivity contribution in [1.82, 2.24) is 4.31 Å². The summed E-state index contributed by atoms with van der Waals surface area (Å²) in [6.45, 7) is 3.33. The summed E-state index contributed by atoms with van der Waals surface area (Å²) in [5, 5.41) is 5.07. The Morgan fingerprint density at radius 3 is 2.77 bits per heavy atom. The van der Waals surface area contributed by atoms with Crippen LogP contribution in [0.1, 0.15) is 32.6 Å². The van der Waals surface area contributed by atoms with Gasteiger partial charge in [0.25, 0.3) is 10.2 Å². The van der Waals surface area contributed by atoms with Crippen molar-refractivity contribution in [3.05, 3.63) is 0 Å². The Kier molecular flexibility index (Phi) is 3.70. The molecule has 1 saturated heterocycles. The minimum Gasteiger partial charge on any atom is -0.216 e. The molecule has 78 valence electrons. The predicted octanol–water partition coefficient (Wildman–Crippen LogP) is 0.702. The van der Waals surface area contributed by atoms with Crippen LogP contribution in [0.4, 0.5) is 0 Å². The maximum absolute atomic E-state index is 11.0. The van der Waals surface area contributed by atoms with Crippen molar-refractivity contribution >= 4 is 10.2 Å². The van der Waals surface area contributed by atoms with Gasteiger partial charge in [-0.15, -0.1) is 0 Å².